The van der Waals surface area contributed by atoms with Crippen molar-refractivity contribution in [2.75, 3.05) is 11.4 Å². The van der Waals surface area contributed by atoms with Gasteiger partial charge in [0, 0.05) is 6.54 Å². The van der Waals surface area contributed by atoms with Gasteiger partial charge in [-0.25, -0.2) is 14.2 Å². The lowest BCUT2D eigenvalue weighted by molar-refractivity contribution is 0.251. The maximum absolute atomic E-state index is 13.6. The summed E-state index contributed by atoms with van der Waals surface area (Å²) in [4.78, 5) is 20.3. The molecular formula is C10H12ClFN4O. The summed E-state index contributed by atoms with van der Waals surface area (Å²) in [5.74, 6) is -0.544. The van der Waals surface area contributed by atoms with Crippen LogP contribution in [-0.2, 0) is 0 Å². The highest BCUT2D eigenvalue weighted by molar-refractivity contribution is 6.28. The molecule has 2 amide bonds. The summed E-state index contributed by atoms with van der Waals surface area (Å²) < 4.78 is 13.6. The van der Waals surface area contributed by atoms with Gasteiger partial charge in [-0.2, -0.15) is 4.98 Å². The van der Waals surface area contributed by atoms with Gasteiger partial charge in [0.05, 0.1) is 12.2 Å². The molecule has 1 aliphatic rings. The van der Waals surface area contributed by atoms with Crippen molar-refractivity contribution >= 4 is 23.4 Å². The normalized spacial score (nSPS) is 19.9. The van der Waals surface area contributed by atoms with Crippen LogP contribution < -0.4 is 10.2 Å². The molecule has 1 aromatic heterocycles. The first-order chi connectivity index (χ1) is 8.00. The SMILES string of the molecule is CC(C)C1CNC(=O)N1c1nc(Cl)ncc1F. The summed E-state index contributed by atoms with van der Waals surface area (Å²) in [7, 11) is 0. The first kappa shape index (κ1) is 12.0. The fourth-order valence-electron chi connectivity index (χ4n) is 1.81. The molecule has 5 nitrogen and oxygen atoms in total. The lowest BCUT2D eigenvalue weighted by Gasteiger charge is -2.25. The van der Waals surface area contributed by atoms with Crippen LogP contribution in [0.25, 0.3) is 0 Å². The third-order valence-corrected chi connectivity index (χ3v) is 2.89. The molecule has 1 fully saturated rings. The largest absolute Gasteiger partial charge is 0.336 e. The van der Waals surface area contributed by atoms with E-state index in [1.54, 1.807) is 0 Å². The zero-order valence-electron chi connectivity index (χ0n) is 9.44. The second-order valence-corrected chi connectivity index (χ2v) is 4.52. The molecule has 7 heteroatoms. The molecule has 1 unspecified atom stereocenters. The van der Waals surface area contributed by atoms with Crippen LogP contribution in [0.3, 0.4) is 0 Å². The lowest BCUT2D eigenvalue weighted by Crippen LogP contribution is -2.38. The molecule has 1 N–H and O–H groups in total. The number of nitrogens with zero attached hydrogens (tertiary/aromatic N) is 3. The number of carbonyl (C=O) groups excluding carboxylic acids is 1. The van der Waals surface area contributed by atoms with Crippen molar-refractivity contribution in [1.82, 2.24) is 15.3 Å². The van der Waals surface area contributed by atoms with Gasteiger partial charge in [0.2, 0.25) is 5.28 Å². The Kier molecular flexibility index (Phi) is 3.15. The molecule has 1 aliphatic heterocycles. The summed E-state index contributed by atoms with van der Waals surface area (Å²) in [6.07, 6.45) is 0.966. The molecular weight excluding hydrogens is 247 g/mol. The fraction of sp³-hybridized carbons (Fsp3) is 0.500. The third-order valence-electron chi connectivity index (χ3n) is 2.71. The van der Waals surface area contributed by atoms with Crippen LogP contribution in [-0.4, -0.2) is 28.6 Å². The maximum atomic E-state index is 13.6. The first-order valence-electron chi connectivity index (χ1n) is 5.26. The highest BCUT2D eigenvalue weighted by atomic mass is 35.5. The van der Waals surface area contributed by atoms with Gasteiger partial charge in [-0.05, 0) is 17.5 Å². The molecule has 0 aliphatic carbocycles. The van der Waals surface area contributed by atoms with Gasteiger partial charge in [-0.15, -0.1) is 0 Å². The molecule has 1 saturated heterocycles. The van der Waals surface area contributed by atoms with Crippen molar-refractivity contribution in [2.45, 2.75) is 19.9 Å². The van der Waals surface area contributed by atoms with E-state index < -0.39 is 5.82 Å². The van der Waals surface area contributed by atoms with Crippen LogP contribution in [0.5, 0.6) is 0 Å². The van der Waals surface area contributed by atoms with Gasteiger partial charge in [-0.3, -0.25) is 4.90 Å². The molecule has 1 aromatic rings. The Morgan fingerprint density at radius 1 is 1.65 bits per heavy atom. The molecule has 0 radical (unpaired) electrons. The number of hydrogen-bond donors (Lipinski definition) is 1. The van der Waals surface area contributed by atoms with Crippen molar-refractivity contribution in [2.24, 2.45) is 5.92 Å². The van der Waals surface area contributed by atoms with Crippen LogP contribution in [0.15, 0.2) is 6.20 Å². The Hall–Kier alpha value is -1.43. The fourth-order valence-corrected chi connectivity index (χ4v) is 1.94. The molecule has 0 spiro atoms. The second-order valence-electron chi connectivity index (χ2n) is 4.18. The van der Waals surface area contributed by atoms with Gasteiger partial charge < -0.3 is 5.32 Å². The van der Waals surface area contributed by atoms with Crippen LogP contribution in [0.4, 0.5) is 15.0 Å². The standard InChI is InChI=1S/C10H12ClFN4O/c1-5(2)7-4-14-10(17)16(7)8-6(12)3-13-9(11)15-8/h3,5,7H,4H2,1-2H3,(H,14,17). The number of urea groups is 1. The number of nitrogens with one attached hydrogen (secondary N) is 1. The van der Waals surface area contributed by atoms with Gasteiger partial charge in [0.25, 0.3) is 0 Å². The summed E-state index contributed by atoms with van der Waals surface area (Å²) >= 11 is 5.62. The Bertz CT molecular complexity index is 454. The number of aromatic nitrogens is 2. The third kappa shape index (κ3) is 2.17. The lowest BCUT2D eigenvalue weighted by atomic mass is 10.0. The Balaban J connectivity index is 2.42. The molecule has 0 bridgehead atoms. The van der Waals surface area contributed by atoms with E-state index in [9.17, 15) is 9.18 Å². The van der Waals surface area contributed by atoms with Gasteiger partial charge in [0.1, 0.15) is 0 Å². The Morgan fingerprint density at radius 3 is 3.00 bits per heavy atom. The average molecular weight is 259 g/mol. The Labute approximate surface area is 103 Å². The van der Waals surface area contributed by atoms with E-state index in [2.05, 4.69) is 15.3 Å². The van der Waals surface area contributed by atoms with Crippen LogP contribution in [0.2, 0.25) is 5.28 Å². The zero-order valence-corrected chi connectivity index (χ0v) is 10.2. The van der Waals surface area contributed by atoms with Gasteiger partial charge in [0.15, 0.2) is 11.6 Å². The number of rotatable bonds is 2. The maximum Gasteiger partial charge on any atom is 0.323 e. The number of halogens is 2. The molecule has 0 aromatic carbocycles. The van der Waals surface area contributed by atoms with Gasteiger partial charge in [-0.1, -0.05) is 13.8 Å². The average Bonchev–Trinajstić information content (AvgIpc) is 2.64. The molecule has 2 heterocycles. The van der Waals surface area contributed by atoms with E-state index in [0.717, 1.165) is 6.20 Å². The molecule has 0 saturated carbocycles. The first-order valence-corrected chi connectivity index (χ1v) is 5.63. The quantitative estimate of drug-likeness (QED) is 0.824. The van der Waals surface area contributed by atoms with E-state index in [-0.39, 0.29) is 29.1 Å². The summed E-state index contributed by atoms with van der Waals surface area (Å²) in [6.45, 7) is 4.38. The Morgan fingerprint density at radius 2 is 2.35 bits per heavy atom. The second kappa shape index (κ2) is 4.44. The number of amides is 2. The highest BCUT2D eigenvalue weighted by Gasteiger charge is 2.36. The summed E-state index contributed by atoms with van der Waals surface area (Å²) in [5.41, 5.74) is 0. The predicted octanol–water partition coefficient (Wildman–Crippen LogP) is 1.82. The summed E-state index contributed by atoms with van der Waals surface area (Å²) in [5, 5.41) is 2.58. The number of hydrogen-bond acceptors (Lipinski definition) is 3. The molecule has 92 valence electrons. The van der Waals surface area contributed by atoms with Crippen molar-refractivity contribution < 1.29 is 9.18 Å². The number of carbonyl (C=O) groups is 1. The van der Waals surface area contributed by atoms with Crippen molar-refractivity contribution in [3.63, 3.8) is 0 Å². The minimum absolute atomic E-state index is 0.0706. The smallest absolute Gasteiger partial charge is 0.323 e. The zero-order chi connectivity index (χ0) is 12.6. The van der Waals surface area contributed by atoms with E-state index in [1.165, 1.54) is 4.90 Å². The minimum Gasteiger partial charge on any atom is -0.336 e. The van der Waals surface area contributed by atoms with Crippen LogP contribution >= 0.6 is 11.6 Å². The van der Waals surface area contributed by atoms with Crippen LogP contribution in [0.1, 0.15) is 13.8 Å². The van der Waals surface area contributed by atoms with E-state index >= 15 is 0 Å². The van der Waals surface area contributed by atoms with Crippen molar-refractivity contribution in [3.05, 3.63) is 17.3 Å². The molecule has 1 atom stereocenters. The number of anilines is 1. The molecule has 2 rings (SSSR count). The van der Waals surface area contributed by atoms with E-state index in [0.29, 0.717) is 6.54 Å². The highest BCUT2D eigenvalue weighted by Crippen LogP contribution is 2.25. The summed E-state index contributed by atoms with van der Waals surface area (Å²) in [6, 6.07) is -0.500. The topological polar surface area (TPSA) is 58.1 Å². The predicted molar refractivity (Wildman–Crippen MR) is 61.5 cm³/mol. The minimum atomic E-state index is -0.655. The van der Waals surface area contributed by atoms with Crippen LogP contribution in [0, 0.1) is 11.7 Å². The monoisotopic (exact) mass is 258 g/mol. The van der Waals surface area contributed by atoms with Crippen molar-refractivity contribution in [1.29, 1.82) is 0 Å². The van der Waals surface area contributed by atoms with E-state index in [4.69, 9.17) is 11.6 Å². The van der Waals surface area contributed by atoms with Gasteiger partial charge >= 0.3 is 6.03 Å². The molecule has 17 heavy (non-hydrogen) atoms. The van der Waals surface area contributed by atoms with E-state index in [1.807, 2.05) is 13.8 Å². The van der Waals surface area contributed by atoms with Crippen molar-refractivity contribution in [3.8, 4) is 0 Å².